The number of aliphatic hydroxyl groups excluding tert-OH is 1. The predicted octanol–water partition coefficient (Wildman–Crippen LogP) is 1.96. The number of rotatable bonds is 2. The second-order valence-corrected chi connectivity index (χ2v) is 4.72. The van der Waals surface area contributed by atoms with E-state index in [9.17, 15) is 9.50 Å². The number of aliphatic hydroxyl groups is 1. The van der Waals surface area contributed by atoms with E-state index in [0.29, 0.717) is 6.54 Å². The Morgan fingerprint density at radius 2 is 1.81 bits per heavy atom. The zero-order chi connectivity index (χ0) is 11.6. The van der Waals surface area contributed by atoms with Gasteiger partial charge in [0.15, 0.2) is 0 Å². The zero-order valence-corrected chi connectivity index (χ0v) is 9.32. The van der Waals surface area contributed by atoms with Gasteiger partial charge in [0, 0.05) is 12.0 Å². The molecular weight excluding hydrogens is 205 g/mol. The van der Waals surface area contributed by atoms with Gasteiger partial charge in [0.2, 0.25) is 0 Å². The molecule has 0 bridgehead atoms. The highest BCUT2D eigenvalue weighted by Gasteiger charge is 2.35. The summed E-state index contributed by atoms with van der Waals surface area (Å²) in [6, 6.07) is 6.61. The van der Waals surface area contributed by atoms with Crippen molar-refractivity contribution < 1.29 is 9.50 Å². The van der Waals surface area contributed by atoms with Gasteiger partial charge in [-0.15, -0.1) is 0 Å². The molecule has 3 heteroatoms. The molecule has 0 amide bonds. The Hall–Kier alpha value is -0.930. The lowest BCUT2D eigenvalue weighted by molar-refractivity contribution is 0.0974. The Balaban J connectivity index is 2.24. The summed E-state index contributed by atoms with van der Waals surface area (Å²) in [6.07, 6.45) is 3.15. The summed E-state index contributed by atoms with van der Waals surface area (Å²) in [7, 11) is 0. The second-order valence-electron chi connectivity index (χ2n) is 4.72. The summed E-state index contributed by atoms with van der Waals surface area (Å²) in [5.41, 5.74) is 6.92. The standard InChI is InChI=1S/C13H18FNO/c14-11-3-1-10(2-4-11)13(9-15)7-5-12(16)6-8-13/h1-4,12,16H,5-9,15H2. The molecule has 0 unspecified atom stereocenters. The second kappa shape index (κ2) is 4.52. The summed E-state index contributed by atoms with van der Waals surface area (Å²) < 4.78 is 12.9. The van der Waals surface area contributed by atoms with Gasteiger partial charge < -0.3 is 10.8 Å². The number of nitrogens with two attached hydrogens (primary N) is 1. The van der Waals surface area contributed by atoms with Gasteiger partial charge >= 0.3 is 0 Å². The van der Waals surface area contributed by atoms with Crippen LogP contribution in [0.25, 0.3) is 0 Å². The van der Waals surface area contributed by atoms with Gasteiger partial charge in [-0.1, -0.05) is 12.1 Å². The van der Waals surface area contributed by atoms with E-state index in [0.717, 1.165) is 31.2 Å². The van der Waals surface area contributed by atoms with Crippen molar-refractivity contribution in [1.29, 1.82) is 0 Å². The van der Waals surface area contributed by atoms with E-state index in [2.05, 4.69) is 0 Å². The number of benzene rings is 1. The predicted molar refractivity (Wildman–Crippen MR) is 61.6 cm³/mol. The molecule has 3 N–H and O–H groups in total. The van der Waals surface area contributed by atoms with E-state index in [4.69, 9.17) is 5.73 Å². The number of hydrogen-bond donors (Lipinski definition) is 2. The molecule has 2 rings (SSSR count). The average Bonchev–Trinajstić information content (AvgIpc) is 2.32. The number of hydrogen-bond acceptors (Lipinski definition) is 2. The van der Waals surface area contributed by atoms with Crippen molar-refractivity contribution in [2.75, 3.05) is 6.54 Å². The van der Waals surface area contributed by atoms with E-state index >= 15 is 0 Å². The van der Waals surface area contributed by atoms with Crippen LogP contribution in [0.4, 0.5) is 4.39 Å². The first-order valence-electron chi connectivity index (χ1n) is 5.80. The van der Waals surface area contributed by atoms with E-state index in [-0.39, 0.29) is 17.3 Å². The van der Waals surface area contributed by atoms with Crippen LogP contribution in [0.5, 0.6) is 0 Å². The smallest absolute Gasteiger partial charge is 0.123 e. The first-order valence-corrected chi connectivity index (χ1v) is 5.80. The van der Waals surface area contributed by atoms with Crippen LogP contribution in [-0.4, -0.2) is 17.8 Å². The van der Waals surface area contributed by atoms with Crippen LogP contribution < -0.4 is 5.73 Å². The van der Waals surface area contributed by atoms with Crippen LogP contribution in [0.3, 0.4) is 0 Å². The van der Waals surface area contributed by atoms with Crippen LogP contribution in [-0.2, 0) is 5.41 Å². The summed E-state index contributed by atoms with van der Waals surface area (Å²) in [5, 5.41) is 9.53. The summed E-state index contributed by atoms with van der Waals surface area (Å²) in [4.78, 5) is 0. The minimum atomic E-state index is -0.216. The number of halogens is 1. The van der Waals surface area contributed by atoms with Crippen LogP contribution in [0.1, 0.15) is 31.2 Å². The maximum absolute atomic E-state index is 12.9. The lowest BCUT2D eigenvalue weighted by Gasteiger charge is -2.38. The van der Waals surface area contributed by atoms with E-state index in [1.165, 1.54) is 12.1 Å². The minimum absolute atomic E-state index is 0.0626. The van der Waals surface area contributed by atoms with Crippen LogP contribution in [0.15, 0.2) is 24.3 Å². The molecule has 0 heterocycles. The van der Waals surface area contributed by atoms with Crippen molar-refractivity contribution in [2.24, 2.45) is 5.73 Å². The molecule has 0 radical (unpaired) electrons. The third-order valence-corrected chi connectivity index (χ3v) is 3.76. The van der Waals surface area contributed by atoms with Crippen molar-refractivity contribution in [3.8, 4) is 0 Å². The Labute approximate surface area is 95.3 Å². The lowest BCUT2D eigenvalue weighted by atomic mass is 9.69. The summed E-state index contributed by atoms with van der Waals surface area (Å²) in [6.45, 7) is 0.561. The molecule has 1 aliphatic rings. The molecule has 16 heavy (non-hydrogen) atoms. The molecule has 1 fully saturated rings. The molecule has 2 nitrogen and oxygen atoms in total. The molecule has 1 saturated carbocycles. The van der Waals surface area contributed by atoms with E-state index < -0.39 is 0 Å². The molecule has 1 aliphatic carbocycles. The van der Waals surface area contributed by atoms with Crippen LogP contribution in [0.2, 0.25) is 0 Å². The third-order valence-electron chi connectivity index (χ3n) is 3.76. The Morgan fingerprint density at radius 3 is 2.31 bits per heavy atom. The van der Waals surface area contributed by atoms with Crippen molar-refractivity contribution in [1.82, 2.24) is 0 Å². The van der Waals surface area contributed by atoms with Crippen molar-refractivity contribution in [2.45, 2.75) is 37.2 Å². The Kier molecular flexibility index (Phi) is 3.26. The van der Waals surface area contributed by atoms with E-state index in [1.807, 2.05) is 12.1 Å². The fourth-order valence-electron chi connectivity index (χ4n) is 2.57. The first kappa shape index (κ1) is 11.6. The summed E-state index contributed by atoms with van der Waals surface area (Å²) >= 11 is 0. The van der Waals surface area contributed by atoms with Crippen molar-refractivity contribution in [3.63, 3.8) is 0 Å². The molecule has 88 valence electrons. The van der Waals surface area contributed by atoms with Gasteiger partial charge in [0.1, 0.15) is 5.82 Å². The van der Waals surface area contributed by atoms with Crippen LogP contribution in [0, 0.1) is 5.82 Å². The fraction of sp³-hybridized carbons (Fsp3) is 0.538. The third kappa shape index (κ3) is 2.11. The van der Waals surface area contributed by atoms with E-state index in [1.54, 1.807) is 0 Å². The SMILES string of the molecule is NCC1(c2ccc(F)cc2)CCC(O)CC1. The van der Waals surface area contributed by atoms with Gasteiger partial charge in [-0.3, -0.25) is 0 Å². The maximum atomic E-state index is 12.9. The molecule has 0 saturated heterocycles. The minimum Gasteiger partial charge on any atom is -0.393 e. The van der Waals surface area contributed by atoms with Crippen molar-refractivity contribution in [3.05, 3.63) is 35.6 Å². The molecule has 0 aliphatic heterocycles. The molecule has 1 aromatic carbocycles. The monoisotopic (exact) mass is 223 g/mol. The molecular formula is C13H18FNO. The largest absolute Gasteiger partial charge is 0.393 e. The van der Waals surface area contributed by atoms with Gasteiger partial charge in [0.25, 0.3) is 0 Å². The van der Waals surface area contributed by atoms with Gasteiger partial charge in [-0.2, -0.15) is 0 Å². The maximum Gasteiger partial charge on any atom is 0.123 e. The Bertz CT molecular complexity index is 341. The molecule has 0 atom stereocenters. The molecule has 0 spiro atoms. The highest BCUT2D eigenvalue weighted by Crippen LogP contribution is 2.38. The summed E-state index contributed by atoms with van der Waals surface area (Å²) in [5.74, 6) is -0.216. The highest BCUT2D eigenvalue weighted by atomic mass is 19.1. The normalized spacial score (nSPS) is 30.3. The molecule has 1 aromatic rings. The topological polar surface area (TPSA) is 46.2 Å². The highest BCUT2D eigenvalue weighted by molar-refractivity contribution is 5.27. The first-order chi connectivity index (χ1) is 7.66. The average molecular weight is 223 g/mol. The van der Waals surface area contributed by atoms with Gasteiger partial charge in [0.05, 0.1) is 6.10 Å². The van der Waals surface area contributed by atoms with Crippen LogP contribution >= 0.6 is 0 Å². The van der Waals surface area contributed by atoms with Gasteiger partial charge in [-0.25, -0.2) is 4.39 Å². The zero-order valence-electron chi connectivity index (χ0n) is 9.32. The quantitative estimate of drug-likeness (QED) is 0.805. The fourth-order valence-corrected chi connectivity index (χ4v) is 2.57. The van der Waals surface area contributed by atoms with Gasteiger partial charge in [-0.05, 0) is 43.4 Å². The Morgan fingerprint density at radius 1 is 1.25 bits per heavy atom. The van der Waals surface area contributed by atoms with Crippen molar-refractivity contribution >= 4 is 0 Å². The molecule has 0 aromatic heterocycles. The lowest BCUT2D eigenvalue weighted by Crippen LogP contribution is -2.40.